The Labute approximate surface area is 149 Å². The summed E-state index contributed by atoms with van der Waals surface area (Å²) in [6.45, 7) is 1.16. The van der Waals surface area contributed by atoms with Crippen LogP contribution in [0.5, 0.6) is 0 Å². The molecule has 0 bridgehead atoms. The highest BCUT2D eigenvalue weighted by Gasteiger charge is 2.29. The first kappa shape index (κ1) is 15.8. The molecule has 2 aromatic heterocycles. The van der Waals surface area contributed by atoms with Crippen LogP contribution in [-0.4, -0.2) is 39.5 Å². The fraction of sp³-hybridized carbons (Fsp3) is 0.278. The molecule has 3 heterocycles. The van der Waals surface area contributed by atoms with Crippen molar-refractivity contribution in [3.63, 3.8) is 0 Å². The maximum atomic E-state index is 12.7. The van der Waals surface area contributed by atoms with Gasteiger partial charge in [-0.25, -0.2) is 9.66 Å². The lowest BCUT2D eigenvalue weighted by Gasteiger charge is -2.31. The van der Waals surface area contributed by atoms with Crippen LogP contribution in [0.2, 0.25) is 0 Å². The summed E-state index contributed by atoms with van der Waals surface area (Å²) in [5.74, 6) is -0.272. The van der Waals surface area contributed by atoms with Crippen molar-refractivity contribution in [2.45, 2.75) is 12.8 Å². The first-order valence-corrected chi connectivity index (χ1v) is 9.16. The normalized spacial score (nSPS) is 17.6. The molecule has 0 radical (unpaired) electrons. The summed E-state index contributed by atoms with van der Waals surface area (Å²) in [7, 11) is 0. The highest BCUT2D eigenvalue weighted by atomic mass is 32.1. The molecule has 2 amide bonds. The molecule has 1 N–H and O–H groups in total. The number of rotatable bonds is 3. The van der Waals surface area contributed by atoms with Crippen LogP contribution in [0.25, 0.3) is 11.0 Å². The van der Waals surface area contributed by atoms with Crippen LogP contribution in [0.4, 0.5) is 0 Å². The molecule has 4 rings (SSSR count). The molecule has 1 saturated heterocycles. The molecule has 1 atom stereocenters. The fourth-order valence-corrected chi connectivity index (χ4v) is 3.88. The minimum Gasteiger partial charge on any atom is -0.337 e. The molecule has 0 spiro atoms. The third kappa shape index (κ3) is 3.15. The van der Waals surface area contributed by atoms with E-state index < -0.39 is 0 Å². The van der Waals surface area contributed by atoms with Crippen molar-refractivity contribution >= 4 is 34.2 Å². The van der Waals surface area contributed by atoms with Gasteiger partial charge in [-0.3, -0.25) is 15.0 Å². The van der Waals surface area contributed by atoms with Crippen molar-refractivity contribution in [3.8, 4) is 0 Å². The number of para-hydroxylation sites is 2. The number of imidazole rings is 1. The smallest absolute Gasteiger partial charge is 0.263 e. The van der Waals surface area contributed by atoms with Crippen LogP contribution in [0, 0.1) is 5.92 Å². The maximum absolute atomic E-state index is 12.7. The van der Waals surface area contributed by atoms with E-state index in [0.29, 0.717) is 13.1 Å². The van der Waals surface area contributed by atoms with Gasteiger partial charge in [-0.05, 0) is 36.4 Å². The number of amides is 2. The highest BCUT2D eigenvalue weighted by molar-refractivity contribution is 7.12. The number of piperidine rings is 1. The van der Waals surface area contributed by atoms with E-state index >= 15 is 0 Å². The number of carbonyl (C=O) groups is 2. The molecule has 7 heteroatoms. The number of fused-ring (bicyclic) bond motifs is 1. The maximum Gasteiger partial charge on any atom is 0.263 e. The number of aromatic nitrogens is 2. The first-order valence-electron chi connectivity index (χ1n) is 8.28. The van der Waals surface area contributed by atoms with Gasteiger partial charge in [0, 0.05) is 13.1 Å². The minimum absolute atomic E-state index is 0.0144. The molecular weight excluding hydrogens is 336 g/mol. The summed E-state index contributed by atoms with van der Waals surface area (Å²) in [6, 6.07) is 11.3. The SMILES string of the molecule is O=C(Nn1cnc2ccccc21)C1CCCN(C(=O)c2cccs2)C1. The molecule has 25 heavy (non-hydrogen) atoms. The number of carbonyl (C=O) groups excluding carboxylic acids is 2. The number of thiophene rings is 1. The number of hydrogen-bond donors (Lipinski definition) is 1. The number of likely N-dealkylation sites (tertiary alicyclic amines) is 1. The van der Waals surface area contributed by atoms with Crippen LogP contribution in [0.15, 0.2) is 48.1 Å². The monoisotopic (exact) mass is 354 g/mol. The van der Waals surface area contributed by atoms with Gasteiger partial charge in [0.15, 0.2) is 0 Å². The van der Waals surface area contributed by atoms with E-state index in [9.17, 15) is 9.59 Å². The van der Waals surface area contributed by atoms with E-state index in [1.807, 2.05) is 41.8 Å². The quantitative estimate of drug-likeness (QED) is 0.786. The predicted molar refractivity (Wildman–Crippen MR) is 97.0 cm³/mol. The Morgan fingerprint density at radius 1 is 1.20 bits per heavy atom. The van der Waals surface area contributed by atoms with E-state index in [-0.39, 0.29) is 17.7 Å². The van der Waals surface area contributed by atoms with Crippen molar-refractivity contribution in [3.05, 3.63) is 53.0 Å². The molecule has 0 aliphatic carbocycles. The lowest BCUT2D eigenvalue weighted by atomic mass is 9.97. The van der Waals surface area contributed by atoms with Gasteiger partial charge < -0.3 is 4.90 Å². The van der Waals surface area contributed by atoms with Crippen molar-refractivity contribution in [2.24, 2.45) is 5.92 Å². The number of nitrogens with zero attached hydrogens (tertiary/aromatic N) is 3. The van der Waals surface area contributed by atoms with Gasteiger partial charge >= 0.3 is 0 Å². The van der Waals surface area contributed by atoms with Gasteiger partial charge in [-0.2, -0.15) is 0 Å². The molecular formula is C18H18N4O2S. The van der Waals surface area contributed by atoms with Crippen LogP contribution in [0.3, 0.4) is 0 Å². The fourth-order valence-electron chi connectivity index (χ4n) is 3.19. The number of benzene rings is 1. The van der Waals surface area contributed by atoms with E-state index in [1.54, 1.807) is 15.9 Å². The largest absolute Gasteiger partial charge is 0.337 e. The van der Waals surface area contributed by atoms with E-state index in [0.717, 1.165) is 28.8 Å². The predicted octanol–water partition coefficient (Wildman–Crippen LogP) is 2.72. The summed E-state index contributed by atoms with van der Waals surface area (Å²) in [5.41, 5.74) is 4.60. The Bertz CT molecular complexity index is 903. The molecule has 1 aliphatic heterocycles. The van der Waals surface area contributed by atoms with Gasteiger partial charge in [0.25, 0.3) is 5.91 Å². The summed E-state index contributed by atoms with van der Waals surface area (Å²) >= 11 is 1.44. The molecule has 1 unspecified atom stereocenters. The lowest BCUT2D eigenvalue weighted by Crippen LogP contribution is -2.44. The number of nitrogens with one attached hydrogen (secondary N) is 1. The Balaban J connectivity index is 1.46. The lowest BCUT2D eigenvalue weighted by molar-refractivity contribution is -0.122. The second-order valence-corrected chi connectivity index (χ2v) is 7.09. The van der Waals surface area contributed by atoms with Crippen molar-refractivity contribution in [1.29, 1.82) is 0 Å². The van der Waals surface area contributed by atoms with Crippen molar-refractivity contribution < 1.29 is 9.59 Å². The third-order valence-electron chi connectivity index (χ3n) is 4.50. The Morgan fingerprint density at radius 2 is 2.08 bits per heavy atom. The second kappa shape index (κ2) is 6.68. The Morgan fingerprint density at radius 3 is 2.92 bits per heavy atom. The van der Waals surface area contributed by atoms with Crippen LogP contribution < -0.4 is 5.43 Å². The topological polar surface area (TPSA) is 67.2 Å². The summed E-state index contributed by atoms with van der Waals surface area (Å²) in [4.78, 5) is 32.0. The van der Waals surface area contributed by atoms with Gasteiger partial charge in [0.1, 0.15) is 6.33 Å². The van der Waals surface area contributed by atoms with E-state index in [1.165, 1.54) is 11.3 Å². The van der Waals surface area contributed by atoms with E-state index in [2.05, 4.69) is 10.4 Å². The van der Waals surface area contributed by atoms with Crippen molar-refractivity contribution in [2.75, 3.05) is 18.5 Å². The highest BCUT2D eigenvalue weighted by Crippen LogP contribution is 2.21. The zero-order chi connectivity index (χ0) is 17.2. The van der Waals surface area contributed by atoms with Gasteiger partial charge in [0.05, 0.1) is 21.8 Å². The molecule has 1 fully saturated rings. The molecule has 3 aromatic rings. The summed E-state index contributed by atoms with van der Waals surface area (Å²) in [5, 5.41) is 1.89. The zero-order valence-corrected chi connectivity index (χ0v) is 14.4. The Hall–Kier alpha value is -2.67. The van der Waals surface area contributed by atoms with Crippen LogP contribution in [-0.2, 0) is 4.79 Å². The average molecular weight is 354 g/mol. The first-order chi connectivity index (χ1) is 12.2. The van der Waals surface area contributed by atoms with Gasteiger partial charge in [0.2, 0.25) is 5.91 Å². The molecule has 0 saturated carbocycles. The minimum atomic E-state index is -0.209. The molecule has 1 aliphatic rings. The summed E-state index contributed by atoms with van der Waals surface area (Å²) in [6.07, 6.45) is 3.23. The van der Waals surface area contributed by atoms with Crippen LogP contribution >= 0.6 is 11.3 Å². The zero-order valence-electron chi connectivity index (χ0n) is 13.6. The van der Waals surface area contributed by atoms with Gasteiger partial charge in [-0.1, -0.05) is 18.2 Å². The van der Waals surface area contributed by atoms with E-state index in [4.69, 9.17) is 0 Å². The van der Waals surface area contributed by atoms with Gasteiger partial charge in [-0.15, -0.1) is 11.3 Å². The van der Waals surface area contributed by atoms with Crippen molar-refractivity contribution in [1.82, 2.24) is 14.6 Å². The standard InChI is InChI=1S/C18H18N4O2S/c23-17(20-22-12-19-14-6-1-2-7-15(14)22)13-5-3-9-21(11-13)18(24)16-8-4-10-25-16/h1-2,4,6-8,10,12-13H,3,5,9,11H2,(H,20,23). The average Bonchev–Trinajstić information content (AvgIpc) is 3.32. The second-order valence-electron chi connectivity index (χ2n) is 6.15. The number of hydrogen-bond acceptors (Lipinski definition) is 4. The molecule has 6 nitrogen and oxygen atoms in total. The van der Waals surface area contributed by atoms with Crippen LogP contribution in [0.1, 0.15) is 22.5 Å². The third-order valence-corrected chi connectivity index (χ3v) is 5.35. The summed E-state index contributed by atoms with van der Waals surface area (Å²) < 4.78 is 1.65. The molecule has 128 valence electrons. The Kier molecular flexibility index (Phi) is 4.23. The molecule has 1 aromatic carbocycles.